The minimum atomic E-state index is 0.146. The summed E-state index contributed by atoms with van der Waals surface area (Å²) < 4.78 is 0. The molecule has 1 unspecified atom stereocenters. The third-order valence-electron chi connectivity index (χ3n) is 2.93. The van der Waals surface area contributed by atoms with Gasteiger partial charge in [0.15, 0.2) is 0 Å². The predicted octanol–water partition coefficient (Wildman–Crippen LogP) is 4.50. The van der Waals surface area contributed by atoms with Crippen LogP contribution in [0.4, 0.5) is 5.82 Å². The Bertz CT molecular complexity index is 609. The van der Waals surface area contributed by atoms with Crippen LogP contribution in [0.15, 0.2) is 6.07 Å². The van der Waals surface area contributed by atoms with E-state index in [0.717, 1.165) is 22.3 Å². The molecule has 0 amide bonds. The van der Waals surface area contributed by atoms with Gasteiger partial charge in [-0.3, -0.25) is 0 Å². The van der Waals surface area contributed by atoms with Gasteiger partial charge in [0.25, 0.3) is 0 Å². The summed E-state index contributed by atoms with van der Waals surface area (Å²) in [6.07, 6.45) is 0. The summed E-state index contributed by atoms with van der Waals surface area (Å²) in [5, 5.41) is 4.93. The molecule has 0 aliphatic rings. The van der Waals surface area contributed by atoms with Crippen LogP contribution >= 0.6 is 22.9 Å². The van der Waals surface area contributed by atoms with E-state index in [9.17, 15) is 0 Å². The molecule has 2 aromatic rings. The van der Waals surface area contributed by atoms with Crippen LogP contribution in [0.1, 0.15) is 54.1 Å². The Morgan fingerprint density at radius 1 is 1.15 bits per heavy atom. The fraction of sp³-hybridized carbons (Fsp3) is 0.500. The zero-order chi connectivity index (χ0) is 14.9. The molecule has 0 saturated carbocycles. The van der Waals surface area contributed by atoms with Crippen molar-refractivity contribution in [1.29, 1.82) is 0 Å². The fourth-order valence-electron chi connectivity index (χ4n) is 2.00. The molecule has 4 nitrogen and oxygen atoms in total. The summed E-state index contributed by atoms with van der Waals surface area (Å²) in [4.78, 5) is 14.4. The molecule has 0 aromatic carbocycles. The second-order valence-electron chi connectivity index (χ2n) is 5.14. The number of nitrogens with one attached hydrogen (secondary N) is 1. The first kappa shape index (κ1) is 15.2. The van der Waals surface area contributed by atoms with Crippen molar-refractivity contribution < 1.29 is 0 Å². The Hall–Kier alpha value is -1.20. The van der Waals surface area contributed by atoms with Crippen molar-refractivity contribution in [3.05, 3.63) is 32.6 Å². The zero-order valence-corrected chi connectivity index (χ0v) is 13.9. The molecule has 0 aliphatic carbocycles. The molecule has 0 bridgehead atoms. The summed E-state index contributed by atoms with van der Waals surface area (Å²) in [6, 6.07) is 1.90. The maximum absolute atomic E-state index is 6.06. The van der Waals surface area contributed by atoms with E-state index in [1.165, 1.54) is 4.88 Å². The standard InChI is InChI=1S/C14H19ClN4S/c1-7(2)14-18-11(15)6-12(19-14)17-9(4)13-8(3)16-10(5)20-13/h6-7,9H,1-5H3,(H,17,18,19). The van der Waals surface area contributed by atoms with E-state index >= 15 is 0 Å². The van der Waals surface area contributed by atoms with Gasteiger partial charge in [-0.1, -0.05) is 25.4 Å². The maximum atomic E-state index is 6.06. The molecule has 1 N–H and O–H groups in total. The van der Waals surface area contributed by atoms with Gasteiger partial charge in [-0.15, -0.1) is 11.3 Å². The first-order valence-corrected chi connectivity index (χ1v) is 7.81. The summed E-state index contributed by atoms with van der Waals surface area (Å²) in [7, 11) is 0. The maximum Gasteiger partial charge on any atom is 0.135 e. The molecule has 0 aliphatic heterocycles. The number of anilines is 1. The molecule has 1 atom stereocenters. The Kier molecular flexibility index (Phi) is 4.60. The number of aromatic nitrogens is 3. The molecule has 2 heterocycles. The normalized spacial score (nSPS) is 12.8. The van der Waals surface area contributed by atoms with Crippen molar-refractivity contribution in [2.24, 2.45) is 0 Å². The Balaban J connectivity index is 2.23. The Labute approximate surface area is 128 Å². The van der Waals surface area contributed by atoms with E-state index < -0.39 is 0 Å². The Morgan fingerprint density at radius 3 is 2.40 bits per heavy atom. The van der Waals surface area contributed by atoms with Crippen LogP contribution in [0.3, 0.4) is 0 Å². The van der Waals surface area contributed by atoms with Gasteiger partial charge in [0.05, 0.1) is 16.7 Å². The van der Waals surface area contributed by atoms with Gasteiger partial charge in [0.1, 0.15) is 16.8 Å². The second kappa shape index (κ2) is 6.06. The van der Waals surface area contributed by atoms with Gasteiger partial charge in [-0.05, 0) is 20.8 Å². The number of nitrogens with zero attached hydrogens (tertiary/aromatic N) is 3. The van der Waals surface area contributed by atoms with Crippen LogP contribution in [0.25, 0.3) is 0 Å². The number of halogens is 1. The van der Waals surface area contributed by atoms with Crippen molar-refractivity contribution in [3.8, 4) is 0 Å². The minimum Gasteiger partial charge on any atom is -0.363 e. The van der Waals surface area contributed by atoms with Crippen molar-refractivity contribution in [2.75, 3.05) is 5.32 Å². The van der Waals surface area contributed by atoms with Gasteiger partial charge in [0.2, 0.25) is 0 Å². The second-order valence-corrected chi connectivity index (χ2v) is 6.76. The number of aryl methyl sites for hydroxylation is 2. The molecule has 0 saturated heterocycles. The lowest BCUT2D eigenvalue weighted by atomic mass is 10.2. The molecular weight excluding hydrogens is 292 g/mol. The molecule has 6 heteroatoms. The highest BCUT2D eigenvalue weighted by molar-refractivity contribution is 7.11. The average molecular weight is 311 g/mol. The summed E-state index contributed by atoms with van der Waals surface area (Å²) in [6.45, 7) is 10.3. The quantitative estimate of drug-likeness (QED) is 0.845. The molecule has 0 fully saturated rings. The number of rotatable bonds is 4. The van der Waals surface area contributed by atoms with Crippen LogP contribution in [0, 0.1) is 13.8 Å². The monoisotopic (exact) mass is 310 g/mol. The van der Waals surface area contributed by atoms with E-state index in [1.807, 2.05) is 13.8 Å². The number of hydrogen-bond donors (Lipinski definition) is 1. The van der Waals surface area contributed by atoms with E-state index in [2.05, 4.69) is 41.0 Å². The van der Waals surface area contributed by atoms with Crippen LogP contribution in [-0.4, -0.2) is 15.0 Å². The highest BCUT2D eigenvalue weighted by Gasteiger charge is 2.14. The Morgan fingerprint density at radius 2 is 1.85 bits per heavy atom. The topological polar surface area (TPSA) is 50.7 Å². The van der Waals surface area contributed by atoms with E-state index in [1.54, 1.807) is 17.4 Å². The molecule has 2 rings (SSSR count). The van der Waals surface area contributed by atoms with Crippen LogP contribution in [0.5, 0.6) is 0 Å². The average Bonchev–Trinajstić information content (AvgIpc) is 2.67. The predicted molar refractivity (Wildman–Crippen MR) is 84.8 cm³/mol. The zero-order valence-electron chi connectivity index (χ0n) is 12.4. The van der Waals surface area contributed by atoms with Crippen molar-refractivity contribution in [1.82, 2.24) is 15.0 Å². The fourth-order valence-corrected chi connectivity index (χ4v) is 3.12. The highest BCUT2D eigenvalue weighted by Crippen LogP contribution is 2.28. The smallest absolute Gasteiger partial charge is 0.135 e. The van der Waals surface area contributed by atoms with E-state index in [-0.39, 0.29) is 12.0 Å². The SMILES string of the molecule is Cc1nc(C)c(C(C)Nc2cc(Cl)nc(C(C)C)n2)s1. The highest BCUT2D eigenvalue weighted by atomic mass is 35.5. The van der Waals surface area contributed by atoms with Crippen LogP contribution in [-0.2, 0) is 0 Å². The molecule has 2 aromatic heterocycles. The third kappa shape index (κ3) is 3.46. The van der Waals surface area contributed by atoms with Crippen molar-refractivity contribution in [2.45, 2.75) is 46.6 Å². The summed E-state index contributed by atoms with van der Waals surface area (Å²) in [5.74, 6) is 1.76. The lowest BCUT2D eigenvalue weighted by Gasteiger charge is -2.15. The number of hydrogen-bond acceptors (Lipinski definition) is 5. The third-order valence-corrected chi connectivity index (χ3v) is 4.37. The molecule has 0 radical (unpaired) electrons. The molecule has 108 valence electrons. The lowest BCUT2D eigenvalue weighted by Crippen LogP contribution is -2.10. The van der Waals surface area contributed by atoms with Crippen LogP contribution < -0.4 is 5.32 Å². The van der Waals surface area contributed by atoms with Gasteiger partial charge < -0.3 is 5.32 Å². The molecule has 0 spiro atoms. The first-order chi connectivity index (χ1) is 9.36. The van der Waals surface area contributed by atoms with Gasteiger partial charge in [-0.25, -0.2) is 15.0 Å². The van der Waals surface area contributed by atoms with Gasteiger partial charge in [-0.2, -0.15) is 0 Å². The molecular formula is C14H19ClN4S. The minimum absolute atomic E-state index is 0.146. The largest absolute Gasteiger partial charge is 0.363 e. The first-order valence-electron chi connectivity index (χ1n) is 6.61. The van der Waals surface area contributed by atoms with Crippen LogP contribution in [0.2, 0.25) is 5.15 Å². The van der Waals surface area contributed by atoms with E-state index in [0.29, 0.717) is 5.15 Å². The van der Waals surface area contributed by atoms with Crippen molar-refractivity contribution >= 4 is 28.8 Å². The summed E-state index contributed by atoms with van der Waals surface area (Å²) >= 11 is 7.76. The summed E-state index contributed by atoms with van der Waals surface area (Å²) in [5.41, 5.74) is 1.07. The van der Waals surface area contributed by atoms with Crippen molar-refractivity contribution in [3.63, 3.8) is 0 Å². The molecule has 20 heavy (non-hydrogen) atoms. The lowest BCUT2D eigenvalue weighted by molar-refractivity contribution is 0.769. The number of thiazole rings is 1. The van der Waals surface area contributed by atoms with Gasteiger partial charge >= 0.3 is 0 Å². The van der Waals surface area contributed by atoms with Gasteiger partial charge in [0, 0.05) is 16.9 Å². The van der Waals surface area contributed by atoms with E-state index in [4.69, 9.17) is 11.6 Å².